The van der Waals surface area contributed by atoms with Crippen molar-refractivity contribution in [2.45, 2.75) is 20.8 Å². The number of carbonyl (C=O) groups is 1. The molecule has 0 saturated carbocycles. The Morgan fingerprint density at radius 1 is 1.33 bits per heavy atom. The van der Waals surface area contributed by atoms with Crippen LogP contribution in [-0.4, -0.2) is 12.6 Å². The van der Waals surface area contributed by atoms with Crippen molar-refractivity contribution in [3.8, 4) is 0 Å². The Bertz CT molecular complexity index is 667. The molecule has 2 aromatic rings. The SMILES string of the molecule is CCOC(=O)c1c(C)oc2c(C)cccc2c1=O. The normalized spacial score (nSPS) is 10.6. The average molecular weight is 246 g/mol. The number of para-hydroxylation sites is 1. The van der Waals surface area contributed by atoms with Gasteiger partial charge in [-0.2, -0.15) is 0 Å². The largest absolute Gasteiger partial charge is 0.462 e. The van der Waals surface area contributed by atoms with Crippen molar-refractivity contribution in [3.05, 3.63) is 45.3 Å². The molecule has 1 aromatic carbocycles. The third kappa shape index (κ3) is 1.90. The quantitative estimate of drug-likeness (QED) is 0.764. The van der Waals surface area contributed by atoms with Gasteiger partial charge in [-0.25, -0.2) is 4.79 Å². The maximum atomic E-state index is 12.3. The Morgan fingerprint density at radius 3 is 2.72 bits per heavy atom. The van der Waals surface area contributed by atoms with Crippen LogP contribution in [0.3, 0.4) is 0 Å². The first-order chi connectivity index (χ1) is 8.56. The minimum Gasteiger partial charge on any atom is -0.462 e. The summed E-state index contributed by atoms with van der Waals surface area (Å²) in [7, 11) is 0. The second-order valence-corrected chi connectivity index (χ2v) is 4.03. The van der Waals surface area contributed by atoms with Gasteiger partial charge >= 0.3 is 5.97 Å². The molecule has 0 aliphatic rings. The summed E-state index contributed by atoms with van der Waals surface area (Å²) >= 11 is 0. The molecule has 0 N–H and O–H groups in total. The number of carbonyl (C=O) groups excluding carboxylic acids is 1. The third-order valence-electron chi connectivity index (χ3n) is 2.77. The number of aryl methyl sites for hydroxylation is 2. The van der Waals surface area contributed by atoms with Gasteiger partial charge in [0.05, 0.1) is 12.0 Å². The molecule has 2 rings (SSSR count). The van der Waals surface area contributed by atoms with Gasteiger partial charge in [0.25, 0.3) is 0 Å². The van der Waals surface area contributed by atoms with E-state index in [1.807, 2.05) is 13.0 Å². The molecule has 94 valence electrons. The van der Waals surface area contributed by atoms with Crippen LogP contribution >= 0.6 is 0 Å². The molecule has 1 aromatic heterocycles. The summed E-state index contributed by atoms with van der Waals surface area (Å²) in [5.41, 5.74) is 1.03. The Kier molecular flexibility index (Phi) is 3.19. The smallest absolute Gasteiger partial charge is 0.345 e. The van der Waals surface area contributed by atoms with Gasteiger partial charge in [-0.15, -0.1) is 0 Å². The van der Waals surface area contributed by atoms with Gasteiger partial charge in [-0.05, 0) is 32.4 Å². The summed E-state index contributed by atoms with van der Waals surface area (Å²) in [5, 5.41) is 0.406. The van der Waals surface area contributed by atoms with Gasteiger partial charge in [0.15, 0.2) is 0 Å². The average Bonchev–Trinajstić information content (AvgIpc) is 2.31. The van der Waals surface area contributed by atoms with E-state index < -0.39 is 5.97 Å². The fourth-order valence-electron chi connectivity index (χ4n) is 1.91. The predicted octanol–water partition coefficient (Wildman–Crippen LogP) is 2.59. The third-order valence-corrected chi connectivity index (χ3v) is 2.77. The Hall–Kier alpha value is -2.10. The fraction of sp³-hybridized carbons (Fsp3) is 0.286. The van der Waals surface area contributed by atoms with Gasteiger partial charge in [-0.3, -0.25) is 4.79 Å². The molecule has 4 nitrogen and oxygen atoms in total. The summed E-state index contributed by atoms with van der Waals surface area (Å²) < 4.78 is 10.4. The second kappa shape index (κ2) is 4.64. The topological polar surface area (TPSA) is 56.5 Å². The molecule has 1 heterocycles. The first-order valence-electron chi connectivity index (χ1n) is 5.76. The first-order valence-corrected chi connectivity index (χ1v) is 5.76. The number of hydrogen-bond donors (Lipinski definition) is 0. The highest BCUT2D eigenvalue weighted by molar-refractivity contribution is 5.94. The zero-order valence-electron chi connectivity index (χ0n) is 10.6. The van der Waals surface area contributed by atoms with Crippen LogP contribution in [0.2, 0.25) is 0 Å². The standard InChI is InChI=1S/C14H14O4/c1-4-17-14(16)11-9(3)18-13-8(2)6-5-7-10(13)12(11)15/h5-7H,4H2,1-3H3. The zero-order valence-corrected chi connectivity index (χ0v) is 10.6. The molecule has 0 bridgehead atoms. The first kappa shape index (κ1) is 12.4. The van der Waals surface area contributed by atoms with Crippen LogP contribution in [0.25, 0.3) is 11.0 Å². The van der Waals surface area contributed by atoms with Gasteiger partial charge in [0.2, 0.25) is 5.43 Å². The lowest BCUT2D eigenvalue weighted by Gasteiger charge is -2.07. The summed E-state index contributed by atoms with van der Waals surface area (Å²) in [6, 6.07) is 5.27. The number of benzene rings is 1. The Labute approximate surface area is 104 Å². The van der Waals surface area contributed by atoms with Crippen LogP contribution in [0, 0.1) is 13.8 Å². The van der Waals surface area contributed by atoms with Crippen molar-refractivity contribution in [1.82, 2.24) is 0 Å². The highest BCUT2D eigenvalue weighted by atomic mass is 16.5. The molecule has 0 aliphatic carbocycles. The lowest BCUT2D eigenvalue weighted by molar-refractivity contribution is 0.0521. The molecule has 18 heavy (non-hydrogen) atoms. The van der Waals surface area contributed by atoms with Gasteiger partial charge in [0, 0.05) is 0 Å². The van der Waals surface area contributed by atoms with Gasteiger partial charge in [-0.1, -0.05) is 12.1 Å². The molecule has 0 fully saturated rings. The molecule has 0 aliphatic heterocycles. The summed E-state index contributed by atoms with van der Waals surface area (Å²) in [6.07, 6.45) is 0. The summed E-state index contributed by atoms with van der Waals surface area (Å²) in [6.45, 7) is 5.37. The van der Waals surface area contributed by atoms with Crippen LogP contribution in [-0.2, 0) is 4.74 Å². The van der Waals surface area contributed by atoms with Gasteiger partial charge < -0.3 is 9.15 Å². The maximum Gasteiger partial charge on any atom is 0.345 e. The van der Waals surface area contributed by atoms with E-state index >= 15 is 0 Å². The van der Waals surface area contributed by atoms with Crippen molar-refractivity contribution < 1.29 is 13.9 Å². The lowest BCUT2D eigenvalue weighted by atomic mass is 10.1. The number of ether oxygens (including phenoxy) is 1. The number of hydrogen-bond acceptors (Lipinski definition) is 4. The molecule has 0 atom stereocenters. The minimum atomic E-state index is -0.632. The molecule has 0 spiro atoms. The lowest BCUT2D eigenvalue weighted by Crippen LogP contribution is -2.19. The number of esters is 1. The van der Waals surface area contributed by atoms with Crippen molar-refractivity contribution >= 4 is 16.9 Å². The van der Waals surface area contributed by atoms with Crippen LogP contribution in [0.4, 0.5) is 0 Å². The van der Waals surface area contributed by atoms with E-state index in [2.05, 4.69) is 0 Å². The molecular formula is C14H14O4. The minimum absolute atomic E-state index is 0.0186. The predicted molar refractivity (Wildman–Crippen MR) is 67.9 cm³/mol. The van der Waals surface area contributed by atoms with E-state index in [-0.39, 0.29) is 17.6 Å². The summed E-state index contributed by atoms with van der Waals surface area (Å²) in [4.78, 5) is 24.0. The van der Waals surface area contributed by atoms with E-state index in [4.69, 9.17) is 9.15 Å². The zero-order chi connectivity index (χ0) is 13.3. The highest BCUT2D eigenvalue weighted by Crippen LogP contribution is 2.19. The molecular weight excluding hydrogens is 232 g/mol. The number of fused-ring (bicyclic) bond motifs is 1. The van der Waals surface area contributed by atoms with Crippen LogP contribution in [0.5, 0.6) is 0 Å². The van der Waals surface area contributed by atoms with Crippen LogP contribution in [0.1, 0.15) is 28.6 Å². The number of rotatable bonds is 2. The van der Waals surface area contributed by atoms with Crippen molar-refractivity contribution in [2.75, 3.05) is 6.61 Å². The maximum absolute atomic E-state index is 12.3. The molecule has 0 unspecified atom stereocenters. The van der Waals surface area contributed by atoms with Crippen molar-refractivity contribution in [3.63, 3.8) is 0 Å². The van der Waals surface area contributed by atoms with Crippen LogP contribution < -0.4 is 5.43 Å². The molecule has 0 radical (unpaired) electrons. The van der Waals surface area contributed by atoms with E-state index in [1.54, 1.807) is 26.0 Å². The molecule has 0 amide bonds. The van der Waals surface area contributed by atoms with Gasteiger partial charge in [0.1, 0.15) is 16.9 Å². The monoisotopic (exact) mass is 246 g/mol. The van der Waals surface area contributed by atoms with E-state index in [1.165, 1.54) is 0 Å². The Morgan fingerprint density at radius 2 is 2.06 bits per heavy atom. The van der Waals surface area contributed by atoms with E-state index in [9.17, 15) is 9.59 Å². The fourth-order valence-corrected chi connectivity index (χ4v) is 1.91. The Balaban J connectivity index is 2.78. The molecule has 4 heteroatoms. The van der Waals surface area contributed by atoms with E-state index in [0.717, 1.165) is 5.56 Å². The van der Waals surface area contributed by atoms with Crippen molar-refractivity contribution in [1.29, 1.82) is 0 Å². The van der Waals surface area contributed by atoms with Crippen LogP contribution in [0.15, 0.2) is 27.4 Å². The molecule has 0 saturated heterocycles. The van der Waals surface area contributed by atoms with Crippen molar-refractivity contribution in [2.24, 2.45) is 0 Å². The summed E-state index contributed by atoms with van der Waals surface area (Å²) in [5.74, 6) is -0.340. The second-order valence-electron chi connectivity index (χ2n) is 4.03. The highest BCUT2D eigenvalue weighted by Gasteiger charge is 2.19. The van der Waals surface area contributed by atoms with E-state index in [0.29, 0.717) is 16.7 Å².